The highest BCUT2D eigenvalue weighted by Gasteiger charge is 2.35. The number of aliphatic imine (C=N–C) groups is 1. The number of hydrogen-bond donors (Lipinski definition) is 1. The van der Waals surface area contributed by atoms with Gasteiger partial charge in [0.05, 0.1) is 5.57 Å². The molecule has 0 radical (unpaired) electrons. The van der Waals surface area contributed by atoms with Crippen LogP contribution < -0.4 is 0 Å². The van der Waals surface area contributed by atoms with Crippen molar-refractivity contribution in [3.63, 3.8) is 0 Å². The molecule has 7 heteroatoms. The van der Waals surface area contributed by atoms with Crippen LogP contribution in [0.25, 0.3) is 11.8 Å². The van der Waals surface area contributed by atoms with Crippen molar-refractivity contribution in [3.05, 3.63) is 58.4 Å². The largest absolute Gasteiger partial charge is 0.318 e. The molecular weight excluding hydrogens is 406 g/mol. The van der Waals surface area contributed by atoms with E-state index in [1.165, 1.54) is 22.3 Å². The van der Waals surface area contributed by atoms with Gasteiger partial charge in [0.15, 0.2) is 5.84 Å². The Hall–Kier alpha value is -2.93. The van der Waals surface area contributed by atoms with Gasteiger partial charge >= 0.3 is 0 Å². The summed E-state index contributed by atoms with van der Waals surface area (Å²) in [5, 5.41) is 15.7. The maximum Gasteiger partial charge on any atom is 0.283 e. The van der Waals surface area contributed by atoms with Crippen LogP contribution in [0.3, 0.4) is 0 Å². The lowest BCUT2D eigenvalue weighted by Crippen LogP contribution is -2.35. The standard InChI is InChI=1S/C24H27N5OS/c1-6-14(3)17-8-10-19(11-9-17)28-15(4)12-18(16(28)5)13-20-22(25)29-24(26-23(20)30)31-21(7-2)27-29/h8-14,25H,6-7H2,1-5H3/b20-13+,25-22?/t14-/m0/s1. The van der Waals surface area contributed by atoms with E-state index in [2.05, 4.69) is 59.7 Å². The molecule has 1 aromatic carbocycles. The number of nitrogens with zero attached hydrogens (tertiary/aromatic N) is 4. The molecule has 0 bridgehead atoms. The monoisotopic (exact) mass is 433 g/mol. The Morgan fingerprint density at radius 3 is 2.55 bits per heavy atom. The van der Waals surface area contributed by atoms with Gasteiger partial charge in [-0.3, -0.25) is 10.2 Å². The van der Waals surface area contributed by atoms with Crippen molar-refractivity contribution in [1.82, 2.24) is 9.58 Å². The van der Waals surface area contributed by atoms with Crippen LogP contribution in [0.5, 0.6) is 0 Å². The molecule has 31 heavy (non-hydrogen) atoms. The molecule has 2 aliphatic rings. The second-order valence-electron chi connectivity index (χ2n) is 7.93. The zero-order valence-electron chi connectivity index (χ0n) is 18.6. The number of thioether (sulfide) groups is 1. The SMILES string of the molecule is CCC1=NN2C(=N)/C(=C\c3cc(C)n(-c4ccc([C@@H](C)CC)cc4)c3C)C(=O)N=C2S1. The van der Waals surface area contributed by atoms with Gasteiger partial charge in [0.2, 0.25) is 5.17 Å². The van der Waals surface area contributed by atoms with Gasteiger partial charge in [-0.15, -0.1) is 0 Å². The van der Waals surface area contributed by atoms with Gasteiger partial charge in [0.1, 0.15) is 5.04 Å². The van der Waals surface area contributed by atoms with E-state index < -0.39 is 0 Å². The highest BCUT2D eigenvalue weighted by Crippen LogP contribution is 2.30. The summed E-state index contributed by atoms with van der Waals surface area (Å²) in [6.07, 6.45) is 3.63. The molecule has 1 N–H and O–H groups in total. The first kappa shape index (κ1) is 21.3. The molecule has 0 spiro atoms. The summed E-state index contributed by atoms with van der Waals surface area (Å²) in [7, 11) is 0. The molecule has 2 aromatic rings. The topological polar surface area (TPSA) is 73.8 Å². The molecule has 6 nitrogen and oxygen atoms in total. The summed E-state index contributed by atoms with van der Waals surface area (Å²) in [5.41, 5.74) is 5.68. The number of carbonyl (C=O) groups is 1. The Labute approximate surface area is 187 Å². The van der Waals surface area contributed by atoms with Crippen molar-refractivity contribution >= 4 is 39.8 Å². The lowest BCUT2D eigenvalue weighted by atomic mass is 9.98. The summed E-state index contributed by atoms with van der Waals surface area (Å²) in [6.45, 7) is 10.5. The molecule has 0 aliphatic carbocycles. The van der Waals surface area contributed by atoms with Gasteiger partial charge < -0.3 is 4.57 Å². The van der Waals surface area contributed by atoms with Crippen LogP contribution in [0, 0.1) is 19.3 Å². The summed E-state index contributed by atoms with van der Waals surface area (Å²) in [6, 6.07) is 10.7. The minimum absolute atomic E-state index is 0.0775. The first-order valence-electron chi connectivity index (χ1n) is 10.6. The molecule has 4 rings (SSSR count). The number of nitrogens with one attached hydrogen (secondary N) is 1. The highest BCUT2D eigenvalue weighted by molar-refractivity contribution is 8.26. The fraction of sp³-hybridized carbons (Fsp3) is 0.333. The number of aryl methyl sites for hydroxylation is 1. The molecule has 0 unspecified atom stereocenters. The number of carbonyl (C=O) groups excluding carboxylic acids is 1. The van der Waals surface area contributed by atoms with Crippen molar-refractivity contribution in [2.75, 3.05) is 0 Å². The molecule has 0 fully saturated rings. The van der Waals surface area contributed by atoms with Crippen molar-refractivity contribution in [1.29, 1.82) is 5.41 Å². The first-order valence-corrected chi connectivity index (χ1v) is 11.4. The molecular formula is C24H27N5OS. The van der Waals surface area contributed by atoms with Gasteiger partial charge in [-0.2, -0.15) is 15.1 Å². The minimum Gasteiger partial charge on any atom is -0.318 e. The Morgan fingerprint density at radius 1 is 1.19 bits per heavy atom. The van der Waals surface area contributed by atoms with Gasteiger partial charge in [-0.1, -0.05) is 32.9 Å². The van der Waals surface area contributed by atoms with Gasteiger partial charge in [0.25, 0.3) is 5.91 Å². The average molecular weight is 434 g/mol. The number of amidine groups is 2. The van der Waals surface area contributed by atoms with E-state index in [-0.39, 0.29) is 17.3 Å². The van der Waals surface area contributed by atoms with Crippen LogP contribution >= 0.6 is 11.8 Å². The Morgan fingerprint density at radius 2 is 1.90 bits per heavy atom. The lowest BCUT2D eigenvalue weighted by Gasteiger charge is -2.20. The third-order valence-electron chi connectivity index (χ3n) is 5.90. The smallest absolute Gasteiger partial charge is 0.283 e. The number of benzene rings is 1. The predicted molar refractivity (Wildman–Crippen MR) is 129 cm³/mol. The van der Waals surface area contributed by atoms with E-state index in [1.807, 2.05) is 19.9 Å². The van der Waals surface area contributed by atoms with E-state index >= 15 is 0 Å². The Balaban J connectivity index is 1.69. The van der Waals surface area contributed by atoms with Gasteiger partial charge in [0, 0.05) is 17.1 Å². The van der Waals surface area contributed by atoms with Gasteiger partial charge in [-0.05, 0) is 79.8 Å². The van der Waals surface area contributed by atoms with Crippen LogP contribution in [0.2, 0.25) is 0 Å². The highest BCUT2D eigenvalue weighted by atomic mass is 32.2. The third kappa shape index (κ3) is 3.78. The summed E-state index contributed by atoms with van der Waals surface area (Å²) >= 11 is 1.35. The fourth-order valence-electron chi connectivity index (χ4n) is 3.85. The molecule has 160 valence electrons. The Bertz CT molecular complexity index is 1150. The minimum atomic E-state index is -0.390. The number of amides is 1. The zero-order chi connectivity index (χ0) is 22.3. The van der Waals surface area contributed by atoms with Crippen LogP contribution in [-0.2, 0) is 4.79 Å². The predicted octanol–water partition coefficient (Wildman–Crippen LogP) is 5.64. The van der Waals surface area contributed by atoms with Crippen molar-refractivity contribution in [3.8, 4) is 5.69 Å². The molecule has 0 saturated heterocycles. The van der Waals surface area contributed by atoms with Crippen LogP contribution in [-0.4, -0.2) is 31.5 Å². The number of rotatable bonds is 5. The van der Waals surface area contributed by atoms with Crippen molar-refractivity contribution in [2.24, 2.45) is 10.1 Å². The second kappa shape index (κ2) is 8.30. The number of fused-ring (bicyclic) bond motifs is 1. The van der Waals surface area contributed by atoms with E-state index in [0.29, 0.717) is 11.1 Å². The lowest BCUT2D eigenvalue weighted by molar-refractivity contribution is -0.114. The van der Waals surface area contributed by atoms with E-state index in [0.717, 1.165) is 40.5 Å². The van der Waals surface area contributed by atoms with Crippen LogP contribution in [0.15, 0.2) is 46.0 Å². The zero-order valence-corrected chi connectivity index (χ0v) is 19.4. The summed E-state index contributed by atoms with van der Waals surface area (Å²) < 4.78 is 2.18. The molecule has 2 aliphatic heterocycles. The fourth-order valence-corrected chi connectivity index (χ4v) is 4.67. The van der Waals surface area contributed by atoms with E-state index in [9.17, 15) is 4.79 Å². The Kier molecular flexibility index (Phi) is 5.71. The number of hydrazone groups is 1. The quantitative estimate of drug-likeness (QED) is 0.620. The van der Waals surface area contributed by atoms with Crippen molar-refractivity contribution in [2.45, 2.75) is 53.4 Å². The van der Waals surface area contributed by atoms with E-state index in [1.54, 1.807) is 6.08 Å². The number of hydrogen-bond acceptors (Lipinski definition) is 4. The molecule has 1 aromatic heterocycles. The summed E-state index contributed by atoms with van der Waals surface area (Å²) in [5.74, 6) is 0.224. The average Bonchev–Trinajstić information content (AvgIpc) is 3.30. The van der Waals surface area contributed by atoms with Crippen LogP contribution in [0.1, 0.15) is 62.0 Å². The second-order valence-corrected chi connectivity index (χ2v) is 8.97. The molecule has 1 atom stereocenters. The molecule has 0 saturated carbocycles. The van der Waals surface area contributed by atoms with Crippen molar-refractivity contribution < 1.29 is 4.79 Å². The molecule has 1 amide bonds. The molecule has 3 heterocycles. The van der Waals surface area contributed by atoms with Crippen LogP contribution in [0.4, 0.5) is 0 Å². The number of aromatic nitrogens is 1. The van der Waals surface area contributed by atoms with Gasteiger partial charge in [-0.25, -0.2) is 0 Å². The maximum absolute atomic E-state index is 12.7. The maximum atomic E-state index is 12.7. The first-order chi connectivity index (χ1) is 14.8. The normalized spacial score (nSPS) is 18.4. The van der Waals surface area contributed by atoms with E-state index in [4.69, 9.17) is 5.41 Å². The third-order valence-corrected chi connectivity index (χ3v) is 6.95. The summed E-state index contributed by atoms with van der Waals surface area (Å²) in [4.78, 5) is 16.8.